The van der Waals surface area contributed by atoms with Crippen LogP contribution in [0.1, 0.15) is 11.3 Å². The van der Waals surface area contributed by atoms with Crippen molar-refractivity contribution < 1.29 is 0 Å². The van der Waals surface area contributed by atoms with Gasteiger partial charge in [-0.15, -0.1) is 0 Å². The van der Waals surface area contributed by atoms with Crippen LogP contribution in [0.3, 0.4) is 0 Å². The van der Waals surface area contributed by atoms with E-state index in [0.717, 1.165) is 6.54 Å². The Kier molecular flexibility index (Phi) is 3.82. The number of hydrogen-bond acceptors (Lipinski definition) is 2. The van der Waals surface area contributed by atoms with E-state index in [9.17, 15) is 0 Å². The van der Waals surface area contributed by atoms with Gasteiger partial charge in [0.2, 0.25) is 0 Å². The van der Waals surface area contributed by atoms with Gasteiger partial charge < -0.3 is 14.8 Å². The van der Waals surface area contributed by atoms with E-state index in [4.69, 9.17) is 0 Å². The van der Waals surface area contributed by atoms with Crippen molar-refractivity contribution in [1.29, 1.82) is 0 Å². The van der Waals surface area contributed by atoms with Gasteiger partial charge in [0, 0.05) is 47.1 Å². The van der Waals surface area contributed by atoms with Crippen molar-refractivity contribution in [3.05, 3.63) is 108 Å². The third-order valence-corrected chi connectivity index (χ3v) is 7.01. The number of nitrogens with one attached hydrogen (secondary N) is 1. The zero-order valence-corrected chi connectivity index (χ0v) is 18.4. The van der Waals surface area contributed by atoms with E-state index in [2.05, 4.69) is 125 Å². The van der Waals surface area contributed by atoms with Gasteiger partial charge in [-0.25, -0.2) is 0 Å². The molecule has 0 radical (unpaired) electrons. The lowest BCUT2D eigenvalue weighted by Crippen LogP contribution is -2.12. The summed E-state index contributed by atoms with van der Waals surface area (Å²) < 4.78 is 2.37. The van der Waals surface area contributed by atoms with E-state index >= 15 is 0 Å². The Morgan fingerprint density at radius 2 is 1.39 bits per heavy atom. The molecule has 0 bridgehead atoms. The number of benzene rings is 4. The Bertz CT molecular complexity index is 1570. The van der Waals surface area contributed by atoms with E-state index in [0.29, 0.717) is 0 Å². The quantitative estimate of drug-likeness (QED) is 0.297. The molecular weight excluding hydrogens is 402 g/mol. The van der Waals surface area contributed by atoms with Gasteiger partial charge in [-0.2, -0.15) is 0 Å². The predicted molar refractivity (Wildman–Crippen MR) is 138 cm³/mol. The SMILES string of the molecule is Cn1c2c(c3ccc4c(c31)N(c1ccccc1)c1ccccc1-c1ccccc1-4)CNC=C2. The smallest absolute Gasteiger partial charge is 0.0784 e. The highest BCUT2D eigenvalue weighted by atomic mass is 15.2. The second-order valence-electron chi connectivity index (χ2n) is 8.73. The standard InChI is InChI=1S/C30H23N3/c1-32-27-17-18-31-19-26(27)25-16-15-24-22-12-6-5-11-21(22)23-13-7-8-14-28(23)33(30(24)29(25)32)20-9-3-2-4-10-20/h2-18,31H,19H2,1H3. The summed E-state index contributed by atoms with van der Waals surface area (Å²) in [4.78, 5) is 2.45. The van der Waals surface area contributed by atoms with E-state index in [1.165, 1.54) is 61.5 Å². The number of hydrogen-bond donors (Lipinski definition) is 1. The lowest BCUT2D eigenvalue weighted by molar-refractivity contribution is 0.839. The Morgan fingerprint density at radius 3 is 2.21 bits per heavy atom. The van der Waals surface area contributed by atoms with E-state index in [1.54, 1.807) is 0 Å². The first-order chi connectivity index (χ1) is 16.3. The molecule has 0 atom stereocenters. The summed E-state index contributed by atoms with van der Waals surface area (Å²) in [6.45, 7) is 0.848. The molecule has 2 aliphatic heterocycles. The highest BCUT2D eigenvalue weighted by Crippen LogP contribution is 2.53. The normalized spacial score (nSPS) is 13.5. The fraction of sp³-hybridized carbons (Fsp3) is 0.0667. The summed E-state index contributed by atoms with van der Waals surface area (Å²) in [6, 6.07) is 33.0. The van der Waals surface area contributed by atoms with Gasteiger partial charge in [-0.1, -0.05) is 72.8 Å². The van der Waals surface area contributed by atoms with Crippen LogP contribution in [0.2, 0.25) is 0 Å². The molecule has 0 saturated heterocycles. The molecule has 3 heterocycles. The molecule has 158 valence electrons. The lowest BCUT2D eigenvalue weighted by Gasteiger charge is -2.28. The van der Waals surface area contributed by atoms with Gasteiger partial charge in [-0.3, -0.25) is 0 Å². The molecule has 0 spiro atoms. The lowest BCUT2D eigenvalue weighted by atomic mass is 9.94. The van der Waals surface area contributed by atoms with Crippen LogP contribution in [0, 0.1) is 0 Å². The van der Waals surface area contributed by atoms with Crippen LogP contribution in [0.4, 0.5) is 17.1 Å². The molecule has 5 aromatic rings. The van der Waals surface area contributed by atoms with Gasteiger partial charge in [0.05, 0.1) is 16.9 Å². The molecule has 0 saturated carbocycles. The zero-order chi connectivity index (χ0) is 21.9. The van der Waals surface area contributed by atoms with Crippen LogP contribution in [0.5, 0.6) is 0 Å². The largest absolute Gasteiger partial charge is 0.387 e. The number of para-hydroxylation sites is 2. The Labute approximate surface area is 193 Å². The third kappa shape index (κ3) is 2.50. The van der Waals surface area contributed by atoms with Crippen molar-refractivity contribution in [2.45, 2.75) is 6.54 Å². The summed E-state index contributed by atoms with van der Waals surface area (Å²) in [5.74, 6) is 0. The minimum absolute atomic E-state index is 0.848. The zero-order valence-electron chi connectivity index (χ0n) is 18.4. The average Bonchev–Trinajstić information content (AvgIpc) is 3.10. The Hall–Kier alpha value is -4.24. The predicted octanol–water partition coefficient (Wildman–Crippen LogP) is 7.37. The second-order valence-corrected chi connectivity index (χ2v) is 8.73. The number of aromatic nitrogens is 1. The van der Waals surface area contributed by atoms with E-state index < -0.39 is 0 Å². The molecule has 33 heavy (non-hydrogen) atoms. The number of anilines is 3. The average molecular weight is 426 g/mol. The van der Waals surface area contributed by atoms with Crippen molar-refractivity contribution in [2.75, 3.05) is 4.90 Å². The first-order valence-electron chi connectivity index (χ1n) is 11.4. The fourth-order valence-electron chi connectivity index (χ4n) is 5.58. The second kappa shape index (κ2) is 6.88. The maximum atomic E-state index is 3.41. The van der Waals surface area contributed by atoms with Crippen LogP contribution in [-0.2, 0) is 13.6 Å². The fourth-order valence-corrected chi connectivity index (χ4v) is 5.58. The van der Waals surface area contributed by atoms with E-state index in [-0.39, 0.29) is 0 Å². The highest BCUT2D eigenvalue weighted by molar-refractivity contribution is 6.12. The van der Waals surface area contributed by atoms with Crippen LogP contribution in [-0.4, -0.2) is 4.57 Å². The van der Waals surface area contributed by atoms with Crippen molar-refractivity contribution in [2.24, 2.45) is 7.05 Å². The molecule has 2 aliphatic rings. The van der Waals surface area contributed by atoms with Crippen LogP contribution < -0.4 is 10.2 Å². The van der Waals surface area contributed by atoms with Crippen molar-refractivity contribution in [3.63, 3.8) is 0 Å². The van der Waals surface area contributed by atoms with Gasteiger partial charge >= 0.3 is 0 Å². The summed E-state index contributed by atoms with van der Waals surface area (Å²) in [5, 5.41) is 4.71. The molecule has 7 rings (SSSR count). The van der Waals surface area contributed by atoms with Gasteiger partial charge in [0.1, 0.15) is 0 Å². The topological polar surface area (TPSA) is 20.2 Å². The number of nitrogens with zero attached hydrogens (tertiary/aromatic N) is 2. The van der Waals surface area contributed by atoms with Gasteiger partial charge in [0.25, 0.3) is 0 Å². The molecule has 0 aliphatic carbocycles. The van der Waals surface area contributed by atoms with Crippen molar-refractivity contribution in [1.82, 2.24) is 9.88 Å². The minimum Gasteiger partial charge on any atom is -0.387 e. The molecule has 0 unspecified atom stereocenters. The first-order valence-corrected chi connectivity index (χ1v) is 11.4. The van der Waals surface area contributed by atoms with Crippen LogP contribution >= 0.6 is 0 Å². The maximum Gasteiger partial charge on any atom is 0.0784 e. The van der Waals surface area contributed by atoms with Crippen molar-refractivity contribution >= 4 is 34.0 Å². The van der Waals surface area contributed by atoms with E-state index in [1.807, 2.05) is 0 Å². The molecule has 0 fully saturated rings. The summed E-state index contributed by atoms with van der Waals surface area (Å²) in [5.41, 5.74) is 12.6. The molecular formula is C30H23N3. The van der Waals surface area contributed by atoms with Crippen LogP contribution in [0.15, 0.2) is 97.2 Å². The summed E-state index contributed by atoms with van der Waals surface area (Å²) >= 11 is 0. The van der Waals surface area contributed by atoms with Crippen molar-refractivity contribution in [3.8, 4) is 22.3 Å². The first kappa shape index (κ1) is 18.3. The summed E-state index contributed by atoms with van der Waals surface area (Å²) in [6.07, 6.45) is 4.25. The summed E-state index contributed by atoms with van der Waals surface area (Å²) in [7, 11) is 2.20. The molecule has 1 aromatic heterocycles. The maximum absolute atomic E-state index is 3.41. The number of aryl methyl sites for hydroxylation is 1. The van der Waals surface area contributed by atoms with Crippen LogP contribution in [0.25, 0.3) is 39.2 Å². The minimum atomic E-state index is 0.848. The monoisotopic (exact) mass is 425 g/mol. The molecule has 3 heteroatoms. The number of fused-ring (bicyclic) bond motifs is 9. The number of rotatable bonds is 1. The van der Waals surface area contributed by atoms with Gasteiger partial charge in [-0.05, 0) is 41.6 Å². The Balaban J connectivity index is 1.70. The molecule has 1 N–H and O–H groups in total. The van der Waals surface area contributed by atoms with Gasteiger partial charge in [0.15, 0.2) is 0 Å². The third-order valence-electron chi connectivity index (χ3n) is 7.01. The molecule has 3 nitrogen and oxygen atoms in total. The molecule has 4 aromatic carbocycles. The highest BCUT2D eigenvalue weighted by Gasteiger charge is 2.30. The Morgan fingerprint density at radius 1 is 0.697 bits per heavy atom. The molecule has 0 amide bonds.